The minimum absolute atomic E-state index is 0.0933. The fourth-order valence-corrected chi connectivity index (χ4v) is 7.42. The molecule has 3 N–H and O–H groups in total. The molecule has 0 bridgehead atoms. The molecule has 0 unspecified atom stereocenters. The molecule has 4 amide bonds. The van der Waals surface area contributed by atoms with Crippen LogP contribution in [0, 0.1) is 11.8 Å². The van der Waals surface area contributed by atoms with Crippen molar-refractivity contribution in [1.29, 1.82) is 0 Å². The van der Waals surface area contributed by atoms with E-state index in [4.69, 9.17) is 0 Å². The van der Waals surface area contributed by atoms with E-state index >= 15 is 0 Å². The van der Waals surface area contributed by atoms with E-state index in [-0.39, 0.29) is 38.8 Å². The zero-order chi connectivity index (χ0) is 29.8. The predicted molar refractivity (Wildman–Crippen MR) is 153 cm³/mol. The van der Waals surface area contributed by atoms with Crippen molar-refractivity contribution in [2.75, 3.05) is 25.0 Å². The van der Waals surface area contributed by atoms with E-state index in [0.717, 1.165) is 4.88 Å². The third-order valence-electron chi connectivity index (χ3n) is 6.20. The second-order valence-electron chi connectivity index (χ2n) is 10.6. The van der Waals surface area contributed by atoms with Gasteiger partial charge in [0.1, 0.15) is 5.00 Å². The van der Waals surface area contributed by atoms with Gasteiger partial charge >= 0.3 is 0 Å². The summed E-state index contributed by atoms with van der Waals surface area (Å²) in [4.78, 5) is 51.9. The summed E-state index contributed by atoms with van der Waals surface area (Å²) in [5, 5.41) is 3.05. The first kappa shape index (κ1) is 31.2. The summed E-state index contributed by atoms with van der Waals surface area (Å²) in [6.07, 6.45) is 0.417. The number of hydrogen-bond donors (Lipinski definition) is 3. The number of anilines is 1. The van der Waals surface area contributed by atoms with E-state index in [1.54, 1.807) is 4.90 Å². The van der Waals surface area contributed by atoms with Crippen LogP contribution in [0.3, 0.4) is 0 Å². The first-order chi connectivity index (χ1) is 18.7. The number of sulfonamides is 1. The van der Waals surface area contributed by atoms with Gasteiger partial charge in [0.05, 0.1) is 17.0 Å². The minimum atomic E-state index is -3.75. The Kier molecular flexibility index (Phi) is 10.1. The third kappa shape index (κ3) is 7.46. The molecule has 0 saturated carbocycles. The number of hydrazine groups is 1. The van der Waals surface area contributed by atoms with Gasteiger partial charge in [-0.25, -0.2) is 8.42 Å². The number of fused-ring (bicyclic) bond motifs is 1. The lowest BCUT2D eigenvalue weighted by molar-refractivity contribution is -0.129. The molecule has 1 aromatic carbocycles. The molecule has 0 radical (unpaired) electrons. The minimum Gasteiger partial charge on any atom is -0.337 e. The summed E-state index contributed by atoms with van der Waals surface area (Å²) in [7, 11) is -3.75. The van der Waals surface area contributed by atoms with Crippen LogP contribution < -0.4 is 16.2 Å². The molecule has 0 atom stereocenters. The van der Waals surface area contributed by atoms with Crippen molar-refractivity contribution >= 4 is 50.0 Å². The fourth-order valence-electron chi connectivity index (χ4n) is 4.40. The smallest absolute Gasteiger partial charge is 0.272 e. The quantitative estimate of drug-likeness (QED) is 0.383. The lowest BCUT2D eigenvalue weighted by Gasteiger charge is -2.26. The summed E-state index contributed by atoms with van der Waals surface area (Å²) in [6.45, 7) is 12.1. The van der Waals surface area contributed by atoms with Gasteiger partial charge in [0.25, 0.3) is 11.8 Å². The van der Waals surface area contributed by atoms with E-state index < -0.39 is 27.7 Å². The Morgan fingerprint density at radius 2 is 1.55 bits per heavy atom. The second-order valence-corrected chi connectivity index (χ2v) is 13.7. The van der Waals surface area contributed by atoms with Crippen molar-refractivity contribution in [2.24, 2.45) is 11.8 Å². The second kappa shape index (κ2) is 12.9. The zero-order valence-corrected chi connectivity index (χ0v) is 25.3. The molecular formula is C27H37N5O6S2. The van der Waals surface area contributed by atoms with Crippen LogP contribution >= 0.6 is 11.3 Å². The number of nitrogens with zero attached hydrogens (tertiary/aromatic N) is 2. The molecule has 0 fully saturated rings. The highest BCUT2D eigenvalue weighted by molar-refractivity contribution is 7.89. The van der Waals surface area contributed by atoms with E-state index in [1.807, 2.05) is 27.7 Å². The Labute approximate surface area is 239 Å². The Morgan fingerprint density at radius 3 is 2.08 bits per heavy atom. The van der Waals surface area contributed by atoms with Gasteiger partial charge in [-0.2, -0.15) is 4.31 Å². The van der Waals surface area contributed by atoms with Crippen molar-refractivity contribution in [3.05, 3.63) is 45.8 Å². The van der Waals surface area contributed by atoms with Crippen molar-refractivity contribution < 1.29 is 27.6 Å². The van der Waals surface area contributed by atoms with Crippen LogP contribution in [-0.4, -0.2) is 60.9 Å². The Hall–Kier alpha value is -3.29. The normalized spacial score (nSPS) is 13.4. The van der Waals surface area contributed by atoms with Crippen LogP contribution in [0.1, 0.15) is 72.7 Å². The molecule has 2 aromatic rings. The first-order valence-corrected chi connectivity index (χ1v) is 15.3. The Morgan fingerprint density at radius 1 is 0.950 bits per heavy atom. The summed E-state index contributed by atoms with van der Waals surface area (Å²) in [6, 6.07) is 5.69. The van der Waals surface area contributed by atoms with Crippen molar-refractivity contribution in [3.63, 3.8) is 0 Å². The summed E-state index contributed by atoms with van der Waals surface area (Å²) >= 11 is 1.19. The van der Waals surface area contributed by atoms with E-state index in [9.17, 15) is 27.6 Å². The van der Waals surface area contributed by atoms with Gasteiger partial charge in [-0.1, -0.05) is 27.7 Å². The van der Waals surface area contributed by atoms with Gasteiger partial charge in [0, 0.05) is 43.9 Å². The molecule has 0 aliphatic carbocycles. The number of benzene rings is 1. The monoisotopic (exact) mass is 591 g/mol. The molecule has 1 aromatic heterocycles. The van der Waals surface area contributed by atoms with Gasteiger partial charge < -0.3 is 10.2 Å². The van der Waals surface area contributed by atoms with E-state index in [2.05, 4.69) is 16.2 Å². The molecule has 13 heteroatoms. The molecule has 40 heavy (non-hydrogen) atoms. The summed E-state index contributed by atoms with van der Waals surface area (Å²) in [5.41, 5.74) is 5.75. The standard InChI is InChI=1S/C27H37N5O6S2/c1-16(2)13-32(14-17(3)4)40(37,38)21-9-7-20(8-10-21)25(35)28-27-24(26(36)30-29-18(5)33)22-11-12-31(19(6)34)15-23(22)39-27/h7-10,16-17H,11-15H2,1-6H3,(H,28,35)(H,29,33)(H,30,36). The van der Waals surface area contributed by atoms with Crippen LogP contribution in [0.2, 0.25) is 0 Å². The van der Waals surface area contributed by atoms with Crippen molar-refractivity contribution in [3.8, 4) is 0 Å². The van der Waals surface area contributed by atoms with Crippen LogP contribution in [0.5, 0.6) is 0 Å². The number of carbonyl (C=O) groups excluding carboxylic acids is 4. The van der Waals surface area contributed by atoms with Crippen LogP contribution in [-0.2, 0) is 32.6 Å². The van der Waals surface area contributed by atoms with Gasteiger partial charge in [-0.3, -0.25) is 30.0 Å². The highest BCUT2D eigenvalue weighted by Gasteiger charge is 2.30. The maximum absolute atomic E-state index is 13.3. The van der Waals surface area contributed by atoms with Crippen LogP contribution in [0.25, 0.3) is 0 Å². The number of thiophene rings is 1. The SMILES string of the molecule is CC(=O)NNC(=O)c1c(NC(=O)c2ccc(S(=O)(=O)N(CC(C)C)CC(C)C)cc2)sc2c1CCN(C(C)=O)C2. The van der Waals surface area contributed by atoms with Gasteiger partial charge in [-0.05, 0) is 48.1 Å². The number of hydrogen-bond acceptors (Lipinski definition) is 7. The largest absolute Gasteiger partial charge is 0.337 e. The Balaban J connectivity index is 1.88. The van der Waals surface area contributed by atoms with E-state index in [1.165, 1.54) is 53.8 Å². The molecular weight excluding hydrogens is 554 g/mol. The molecule has 1 aliphatic rings. The topological polar surface area (TPSA) is 145 Å². The van der Waals surface area contributed by atoms with Crippen molar-refractivity contribution in [2.45, 2.75) is 59.4 Å². The summed E-state index contributed by atoms with van der Waals surface area (Å²) < 4.78 is 28.1. The Bertz CT molecular complexity index is 1370. The molecule has 0 saturated heterocycles. The molecule has 0 spiro atoms. The fraction of sp³-hybridized carbons (Fsp3) is 0.481. The highest BCUT2D eigenvalue weighted by Crippen LogP contribution is 2.37. The predicted octanol–water partition coefficient (Wildman–Crippen LogP) is 2.99. The average molecular weight is 592 g/mol. The van der Waals surface area contributed by atoms with E-state index in [0.29, 0.717) is 38.2 Å². The molecule has 11 nitrogen and oxygen atoms in total. The molecule has 2 heterocycles. The lowest BCUT2D eigenvalue weighted by atomic mass is 10.0. The van der Waals surface area contributed by atoms with Gasteiger partial charge in [0.2, 0.25) is 21.8 Å². The number of rotatable bonds is 9. The summed E-state index contributed by atoms with van der Waals surface area (Å²) in [5.74, 6) is -1.37. The third-order valence-corrected chi connectivity index (χ3v) is 9.18. The average Bonchev–Trinajstić information content (AvgIpc) is 3.23. The highest BCUT2D eigenvalue weighted by atomic mass is 32.2. The number of carbonyl (C=O) groups is 4. The maximum Gasteiger partial charge on any atom is 0.272 e. The molecule has 1 aliphatic heterocycles. The van der Waals surface area contributed by atoms with Gasteiger partial charge in [0.15, 0.2) is 0 Å². The van der Waals surface area contributed by atoms with Gasteiger partial charge in [-0.15, -0.1) is 11.3 Å². The zero-order valence-electron chi connectivity index (χ0n) is 23.7. The number of amides is 4. The number of nitrogens with one attached hydrogen (secondary N) is 3. The van der Waals surface area contributed by atoms with Crippen LogP contribution in [0.4, 0.5) is 5.00 Å². The molecule has 3 rings (SSSR count). The first-order valence-electron chi connectivity index (χ1n) is 13.1. The maximum atomic E-state index is 13.3. The lowest BCUT2D eigenvalue weighted by Crippen LogP contribution is -2.41. The molecule has 218 valence electrons. The van der Waals surface area contributed by atoms with Crippen molar-refractivity contribution in [1.82, 2.24) is 20.1 Å². The van der Waals surface area contributed by atoms with Crippen LogP contribution in [0.15, 0.2) is 29.2 Å².